The largest absolute Gasteiger partial charge is 0.242 e. The molecule has 0 unspecified atom stereocenters. The molecule has 0 amide bonds. The van der Waals surface area contributed by atoms with Crippen LogP contribution in [0.1, 0.15) is 5.01 Å². The Morgan fingerprint density at radius 3 is 2.50 bits per heavy atom. The summed E-state index contributed by atoms with van der Waals surface area (Å²) >= 11 is 1.42. The van der Waals surface area contributed by atoms with Crippen molar-refractivity contribution in [3.05, 3.63) is 34.7 Å². The predicted octanol–water partition coefficient (Wildman–Crippen LogP) is 2.13. The van der Waals surface area contributed by atoms with Crippen LogP contribution in [-0.4, -0.2) is 31.8 Å². The smallest absolute Gasteiger partial charge is 0.240 e. The molecule has 5 nitrogen and oxygen atoms in total. The summed E-state index contributed by atoms with van der Waals surface area (Å²) in [5, 5.41) is 11.2. The average Bonchev–Trinajstić information content (AvgIpc) is 2.88. The SMILES string of the molecule is CN(C)S(=O)(=O)c1ccc(-c2csc(CC#N)n2)cc1. The van der Waals surface area contributed by atoms with Crippen molar-refractivity contribution >= 4 is 21.4 Å². The van der Waals surface area contributed by atoms with E-state index in [4.69, 9.17) is 5.26 Å². The zero-order valence-corrected chi connectivity index (χ0v) is 12.7. The molecule has 0 aliphatic rings. The Bertz CT molecular complexity index is 741. The van der Waals surface area contributed by atoms with Crippen LogP contribution in [0, 0.1) is 11.3 Å². The summed E-state index contributed by atoms with van der Waals surface area (Å²) < 4.78 is 25.1. The highest BCUT2D eigenvalue weighted by atomic mass is 32.2. The van der Waals surface area contributed by atoms with Crippen LogP contribution in [0.5, 0.6) is 0 Å². The molecule has 0 radical (unpaired) electrons. The standard InChI is InChI=1S/C13H13N3O2S2/c1-16(2)20(17,18)11-5-3-10(4-6-11)12-9-19-13(15-12)7-8-14/h3-6,9H,7H2,1-2H3. The number of hydrogen-bond acceptors (Lipinski definition) is 5. The number of rotatable bonds is 4. The van der Waals surface area contributed by atoms with Crippen molar-refractivity contribution in [3.63, 3.8) is 0 Å². The van der Waals surface area contributed by atoms with E-state index in [1.54, 1.807) is 24.3 Å². The molecular weight excluding hydrogens is 294 g/mol. The number of thiazole rings is 1. The third-order valence-electron chi connectivity index (χ3n) is 2.71. The monoisotopic (exact) mass is 307 g/mol. The van der Waals surface area contributed by atoms with Crippen LogP contribution in [-0.2, 0) is 16.4 Å². The molecular formula is C13H13N3O2S2. The summed E-state index contributed by atoms with van der Waals surface area (Å²) in [6, 6.07) is 8.63. The van der Waals surface area contributed by atoms with Crippen molar-refractivity contribution in [2.45, 2.75) is 11.3 Å². The molecule has 0 aliphatic heterocycles. The molecule has 104 valence electrons. The van der Waals surface area contributed by atoms with Crippen LogP contribution in [0.4, 0.5) is 0 Å². The van der Waals surface area contributed by atoms with E-state index in [1.807, 2.05) is 5.38 Å². The summed E-state index contributed by atoms with van der Waals surface area (Å²) in [5.74, 6) is 0. The second-order valence-electron chi connectivity index (χ2n) is 4.27. The highest BCUT2D eigenvalue weighted by Crippen LogP contribution is 2.24. The lowest BCUT2D eigenvalue weighted by Crippen LogP contribution is -2.22. The average molecular weight is 307 g/mol. The number of benzene rings is 1. The molecule has 20 heavy (non-hydrogen) atoms. The van der Waals surface area contributed by atoms with Gasteiger partial charge in [0.1, 0.15) is 5.01 Å². The Morgan fingerprint density at radius 1 is 1.30 bits per heavy atom. The first-order valence-electron chi connectivity index (χ1n) is 5.79. The first-order chi connectivity index (χ1) is 9.45. The van der Waals surface area contributed by atoms with Crippen LogP contribution < -0.4 is 0 Å². The van der Waals surface area contributed by atoms with Gasteiger partial charge in [0.05, 0.1) is 23.1 Å². The Labute approximate surface area is 122 Å². The fraction of sp³-hybridized carbons (Fsp3) is 0.231. The second-order valence-corrected chi connectivity index (χ2v) is 7.37. The van der Waals surface area contributed by atoms with E-state index in [1.165, 1.54) is 29.7 Å². The van der Waals surface area contributed by atoms with E-state index >= 15 is 0 Å². The summed E-state index contributed by atoms with van der Waals surface area (Å²) in [7, 11) is -0.411. The molecule has 2 aromatic rings. The molecule has 0 N–H and O–H groups in total. The van der Waals surface area contributed by atoms with Gasteiger partial charge in [0.15, 0.2) is 0 Å². The van der Waals surface area contributed by atoms with Gasteiger partial charge in [-0.05, 0) is 12.1 Å². The van der Waals surface area contributed by atoms with Gasteiger partial charge in [-0.3, -0.25) is 0 Å². The maximum Gasteiger partial charge on any atom is 0.242 e. The van der Waals surface area contributed by atoms with Gasteiger partial charge < -0.3 is 0 Å². The lowest BCUT2D eigenvalue weighted by Gasteiger charge is -2.11. The van der Waals surface area contributed by atoms with Gasteiger partial charge >= 0.3 is 0 Å². The molecule has 7 heteroatoms. The minimum absolute atomic E-state index is 0.249. The van der Waals surface area contributed by atoms with Gasteiger partial charge in [0.25, 0.3) is 0 Å². The van der Waals surface area contributed by atoms with Crippen molar-refractivity contribution in [2.75, 3.05) is 14.1 Å². The van der Waals surface area contributed by atoms with E-state index < -0.39 is 10.0 Å². The van der Waals surface area contributed by atoms with Gasteiger partial charge in [-0.25, -0.2) is 17.7 Å². The lowest BCUT2D eigenvalue weighted by molar-refractivity contribution is 0.521. The van der Waals surface area contributed by atoms with Gasteiger partial charge in [0.2, 0.25) is 10.0 Å². The molecule has 0 spiro atoms. The van der Waals surface area contributed by atoms with Crippen LogP contribution in [0.15, 0.2) is 34.5 Å². The summed E-state index contributed by atoms with van der Waals surface area (Å²) in [6.45, 7) is 0. The fourth-order valence-corrected chi connectivity index (χ4v) is 3.24. The number of nitriles is 1. The van der Waals surface area contributed by atoms with E-state index in [2.05, 4.69) is 11.1 Å². The summed E-state index contributed by atoms with van der Waals surface area (Å²) in [6.07, 6.45) is 0.289. The zero-order valence-electron chi connectivity index (χ0n) is 11.1. The van der Waals surface area contributed by atoms with E-state index in [9.17, 15) is 8.42 Å². The van der Waals surface area contributed by atoms with E-state index in [-0.39, 0.29) is 11.3 Å². The van der Waals surface area contributed by atoms with Crippen molar-refractivity contribution in [1.29, 1.82) is 5.26 Å². The minimum Gasteiger partial charge on any atom is -0.240 e. The normalized spacial score (nSPS) is 11.5. The molecule has 1 aromatic heterocycles. The van der Waals surface area contributed by atoms with Crippen molar-refractivity contribution < 1.29 is 8.42 Å². The van der Waals surface area contributed by atoms with E-state index in [0.717, 1.165) is 16.3 Å². The number of aromatic nitrogens is 1. The van der Waals surface area contributed by atoms with Gasteiger partial charge in [-0.1, -0.05) is 12.1 Å². The summed E-state index contributed by atoms with van der Waals surface area (Å²) in [5.41, 5.74) is 1.59. The Hall–Kier alpha value is -1.75. The summed E-state index contributed by atoms with van der Waals surface area (Å²) in [4.78, 5) is 4.58. The van der Waals surface area contributed by atoms with Crippen LogP contribution >= 0.6 is 11.3 Å². The highest BCUT2D eigenvalue weighted by molar-refractivity contribution is 7.89. The van der Waals surface area contributed by atoms with E-state index in [0.29, 0.717) is 0 Å². The Balaban J connectivity index is 2.31. The van der Waals surface area contributed by atoms with Gasteiger partial charge in [0, 0.05) is 25.0 Å². The van der Waals surface area contributed by atoms with Crippen LogP contribution in [0.2, 0.25) is 0 Å². The highest BCUT2D eigenvalue weighted by Gasteiger charge is 2.16. The first kappa shape index (κ1) is 14.7. The van der Waals surface area contributed by atoms with Crippen LogP contribution in [0.3, 0.4) is 0 Å². The molecule has 1 heterocycles. The van der Waals surface area contributed by atoms with Gasteiger partial charge in [-0.15, -0.1) is 11.3 Å². The third kappa shape index (κ3) is 2.88. The Morgan fingerprint density at radius 2 is 1.95 bits per heavy atom. The lowest BCUT2D eigenvalue weighted by atomic mass is 10.2. The van der Waals surface area contributed by atoms with Gasteiger partial charge in [-0.2, -0.15) is 5.26 Å². The molecule has 0 bridgehead atoms. The van der Waals surface area contributed by atoms with Crippen molar-refractivity contribution in [1.82, 2.24) is 9.29 Å². The van der Waals surface area contributed by atoms with Crippen molar-refractivity contribution in [2.24, 2.45) is 0 Å². The predicted molar refractivity (Wildman–Crippen MR) is 77.7 cm³/mol. The number of sulfonamides is 1. The quantitative estimate of drug-likeness (QED) is 0.867. The topological polar surface area (TPSA) is 74.1 Å². The molecule has 0 aliphatic carbocycles. The van der Waals surface area contributed by atoms with Crippen LogP contribution in [0.25, 0.3) is 11.3 Å². The molecule has 1 aromatic carbocycles. The maximum atomic E-state index is 11.9. The molecule has 0 fully saturated rings. The molecule has 0 saturated carbocycles. The molecule has 0 saturated heterocycles. The third-order valence-corrected chi connectivity index (χ3v) is 5.39. The first-order valence-corrected chi connectivity index (χ1v) is 8.11. The minimum atomic E-state index is -3.41. The maximum absolute atomic E-state index is 11.9. The number of hydrogen-bond donors (Lipinski definition) is 0. The number of nitrogens with zero attached hydrogens (tertiary/aromatic N) is 3. The Kier molecular flexibility index (Phi) is 4.18. The van der Waals surface area contributed by atoms with Crippen molar-refractivity contribution in [3.8, 4) is 17.3 Å². The molecule has 0 atom stereocenters. The second kappa shape index (κ2) is 5.71. The zero-order chi connectivity index (χ0) is 14.8. The fourth-order valence-electron chi connectivity index (χ4n) is 1.60. The molecule has 2 rings (SSSR count).